The summed E-state index contributed by atoms with van der Waals surface area (Å²) in [7, 11) is 0. The molecule has 1 aliphatic rings. The van der Waals surface area contributed by atoms with Crippen LogP contribution in [-0.2, 0) is 20.7 Å². The molecule has 1 aromatic carbocycles. The zero-order valence-corrected chi connectivity index (χ0v) is 8.80. The van der Waals surface area contributed by atoms with E-state index in [1.165, 1.54) is 0 Å². The Morgan fingerprint density at radius 2 is 2.06 bits per heavy atom. The number of benzene rings is 1. The minimum atomic E-state index is -0.917. The molecule has 0 spiro atoms. The van der Waals surface area contributed by atoms with Gasteiger partial charge in [-0.2, -0.15) is 0 Å². The van der Waals surface area contributed by atoms with Crippen molar-refractivity contribution in [2.24, 2.45) is 0 Å². The van der Waals surface area contributed by atoms with E-state index >= 15 is 0 Å². The first-order valence-electron chi connectivity index (χ1n) is 5.21. The summed E-state index contributed by atoms with van der Waals surface area (Å²) in [5.74, 6) is -0.625. The molecule has 2 heterocycles. The van der Waals surface area contributed by atoms with E-state index in [4.69, 9.17) is 4.74 Å². The molecular weight excluding hydrogens is 222 g/mol. The molecule has 3 rings (SSSR count). The smallest absolute Gasteiger partial charge is 0.418 e. The van der Waals surface area contributed by atoms with Crippen molar-refractivity contribution in [3.05, 3.63) is 36.0 Å². The zero-order valence-electron chi connectivity index (χ0n) is 8.80. The summed E-state index contributed by atoms with van der Waals surface area (Å²) in [6.45, 7) is 0. The van der Waals surface area contributed by atoms with Crippen molar-refractivity contribution < 1.29 is 19.1 Å². The van der Waals surface area contributed by atoms with Crippen LogP contribution in [0.2, 0.25) is 0 Å². The third kappa shape index (κ3) is 1.65. The van der Waals surface area contributed by atoms with Crippen LogP contribution in [-0.4, -0.2) is 23.2 Å². The third-order valence-electron chi connectivity index (χ3n) is 2.77. The van der Waals surface area contributed by atoms with Crippen LogP contribution >= 0.6 is 0 Å². The average Bonchev–Trinajstić information content (AvgIpc) is 2.85. The van der Waals surface area contributed by atoms with E-state index in [-0.39, 0.29) is 0 Å². The number of ether oxygens (including phenoxy) is 2. The molecule has 5 heteroatoms. The van der Waals surface area contributed by atoms with E-state index in [9.17, 15) is 9.59 Å². The fourth-order valence-electron chi connectivity index (χ4n) is 1.96. The highest BCUT2D eigenvalue weighted by Gasteiger charge is 2.35. The second-order valence-electron chi connectivity index (χ2n) is 3.84. The molecule has 5 nitrogen and oxygen atoms in total. The lowest BCUT2D eigenvalue weighted by Gasteiger charge is -2.02. The molecule has 1 aromatic heterocycles. The van der Waals surface area contributed by atoms with E-state index in [0.717, 1.165) is 16.5 Å². The van der Waals surface area contributed by atoms with Gasteiger partial charge in [0.2, 0.25) is 6.10 Å². The van der Waals surface area contributed by atoms with Crippen molar-refractivity contribution in [3.8, 4) is 0 Å². The minimum Gasteiger partial charge on any atom is -0.418 e. The van der Waals surface area contributed by atoms with Crippen molar-refractivity contribution in [3.63, 3.8) is 0 Å². The highest BCUT2D eigenvalue weighted by molar-refractivity contribution is 5.92. The van der Waals surface area contributed by atoms with Gasteiger partial charge in [0.15, 0.2) is 0 Å². The number of hydrogen-bond acceptors (Lipinski definition) is 4. The van der Waals surface area contributed by atoms with Crippen molar-refractivity contribution in [2.45, 2.75) is 12.5 Å². The molecular formula is C12H9NO4. The molecule has 17 heavy (non-hydrogen) atoms. The van der Waals surface area contributed by atoms with E-state index in [2.05, 4.69) is 9.72 Å². The monoisotopic (exact) mass is 231 g/mol. The molecule has 0 amide bonds. The summed E-state index contributed by atoms with van der Waals surface area (Å²) in [6, 6.07) is 7.73. The van der Waals surface area contributed by atoms with Gasteiger partial charge in [-0.15, -0.1) is 0 Å². The fourth-order valence-corrected chi connectivity index (χ4v) is 1.96. The van der Waals surface area contributed by atoms with Gasteiger partial charge in [0.25, 0.3) is 0 Å². The minimum absolute atomic E-state index is 0.328. The van der Waals surface area contributed by atoms with Gasteiger partial charge in [-0.25, -0.2) is 9.59 Å². The molecule has 1 atom stereocenters. The summed E-state index contributed by atoms with van der Waals surface area (Å²) in [4.78, 5) is 25.1. The predicted octanol–water partition coefficient (Wildman–Crippen LogP) is 1.77. The molecule has 1 N–H and O–H groups in total. The lowest BCUT2D eigenvalue weighted by Crippen LogP contribution is -2.18. The fraction of sp³-hybridized carbons (Fsp3) is 0.167. The summed E-state index contributed by atoms with van der Waals surface area (Å²) in [6.07, 6.45) is 0.389. The molecule has 0 saturated carbocycles. The second-order valence-corrected chi connectivity index (χ2v) is 3.84. The number of para-hydroxylation sites is 1. The summed E-state index contributed by atoms with van der Waals surface area (Å²) in [5.41, 5.74) is 1.91. The topological polar surface area (TPSA) is 68.4 Å². The number of fused-ring (bicyclic) bond motifs is 1. The number of cyclic esters (lactones) is 3. The Kier molecular flexibility index (Phi) is 2.11. The lowest BCUT2D eigenvalue weighted by molar-refractivity contribution is -0.136. The zero-order chi connectivity index (χ0) is 11.8. The maximum atomic E-state index is 11.3. The molecule has 1 unspecified atom stereocenters. The van der Waals surface area contributed by atoms with Gasteiger partial charge in [0.1, 0.15) is 0 Å². The molecule has 2 aromatic rings. The number of aromatic nitrogens is 1. The molecule has 0 aliphatic carbocycles. The van der Waals surface area contributed by atoms with E-state index in [1.54, 1.807) is 0 Å². The Labute approximate surface area is 96.3 Å². The highest BCUT2D eigenvalue weighted by atomic mass is 16.8. The summed E-state index contributed by atoms with van der Waals surface area (Å²) < 4.78 is 9.10. The molecule has 0 bridgehead atoms. The van der Waals surface area contributed by atoms with Gasteiger partial charge >= 0.3 is 12.1 Å². The number of hydrogen-bond donors (Lipinski definition) is 1. The first-order chi connectivity index (χ1) is 8.24. The number of rotatable bonds is 2. The normalized spacial score (nSPS) is 19.4. The summed E-state index contributed by atoms with van der Waals surface area (Å²) >= 11 is 0. The SMILES string of the molecule is O=C1OC(=O)C(Cc2c[nH]c3ccccc23)O1. The molecule has 1 fully saturated rings. The van der Waals surface area contributed by atoms with Crippen molar-refractivity contribution >= 4 is 23.0 Å². The highest BCUT2D eigenvalue weighted by Crippen LogP contribution is 2.22. The molecule has 86 valence electrons. The number of H-pyrrole nitrogens is 1. The quantitative estimate of drug-likeness (QED) is 0.631. The number of carbonyl (C=O) groups is 2. The number of aromatic amines is 1. The molecule has 1 saturated heterocycles. The van der Waals surface area contributed by atoms with Crippen molar-refractivity contribution in [2.75, 3.05) is 0 Å². The Morgan fingerprint density at radius 1 is 1.24 bits per heavy atom. The number of nitrogens with one attached hydrogen (secondary N) is 1. The lowest BCUT2D eigenvalue weighted by atomic mass is 10.1. The van der Waals surface area contributed by atoms with Gasteiger partial charge in [0.05, 0.1) is 0 Å². The van der Waals surface area contributed by atoms with Gasteiger partial charge in [-0.05, 0) is 11.6 Å². The first kappa shape index (κ1) is 9.89. The van der Waals surface area contributed by atoms with Gasteiger partial charge in [-0.3, -0.25) is 0 Å². The maximum absolute atomic E-state index is 11.3. The van der Waals surface area contributed by atoms with E-state index in [0.29, 0.717) is 6.42 Å². The molecule has 1 aliphatic heterocycles. The standard InChI is InChI=1S/C12H9NO4/c14-11-10(16-12(15)17-11)5-7-6-13-9-4-2-1-3-8(7)9/h1-4,6,10,13H,5H2. The average molecular weight is 231 g/mol. The Balaban J connectivity index is 1.90. The third-order valence-corrected chi connectivity index (χ3v) is 2.77. The maximum Gasteiger partial charge on any atom is 0.517 e. The van der Waals surface area contributed by atoms with E-state index < -0.39 is 18.2 Å². The van der Waals surface area contributed by atoms with Crippen molar-refractivity contribution in [1.82, 2.24) is 4.98 Å². The summed E-state index contributed by atoms with van der Waals surface area (Å²) in [5, 5.41) is 1.02. The van der Waals surface area contributed by atoms with Crippen molar-refractivity contribution in [1.29, 1.82) is 0 Å². The van der Waals surface area contributed by atoms with Gasteiger partial charge < -0.3 is 14.5 Å². The molecule has 0 radical (unpaired) electrons. The predicted molar refractivity (Wildman–Crippen MR) is 58.4 cm³/mol. The number of esters is 1. The largest absolute Gasteiger partial charge is 0.517 e. The van der Waals surface area contributed by atoms with Crippen LogP contribution < -0.4 is 0 Å². The van der Waals surface area contributed by atoms with Crippen LogP contribution in [0.1, 0.15) is 5.56 Å². The second kappa shape index (κ2) is 3.62. The first-order valence-corrected chi connectivity index (χ1v) is 5.21. The Hall–Kier alpha value is -2.30. The van der Waals surface area contributed by atoms with Crippen LogP contribution in [0.3, 0.4) is 0 Å². The van der Waals surface area contributed by atoms with Crippen LogP contribution in [0.15, 0.2) is 30.5 Å². The van der Waals surface area contributed by atoms with Crippen LogP contribution in [0.25, 0.3) is 10.9 Å². The van der Waals surface area contributed by atoms with Gasteiger partial charge in [-0.1, -0.05) is 18.2 Å². The Morgan fingerprint density at radius 3 is 2.82 bits per heavy atom. The van der Waals surface area contributed by atoms with Gasteiger partial charge in [0, 0.05) is 23.5 Å². The van der Waals surface area contributed by atoms with E-state index in [1.807, 2.05) is 30.5 Å². The Bertz CT molecular complexity index is 601. The number of carbonyl (C=O) groups excluding carboxylic acids is 2. The van der Waals surface area contributed by atoms with Crippen LogP contribution in [0.5, 0.6) is 0 Å². The van der Waals surface area contributed by atoms with Crippen LogP contribution in [0.4, 0.5) is 4.79 Å². The van der Waals surface area contributed by atoms with Crippen LogP contribution in [0, 0.1) is 0 Å².